The lowest BCUT2D eigenvalue weighted by atomic mass is 9.95. The Bertz CT molecular complexity index is 1090. The van der Waals surface area contributed by atoms with Crippen molar-refractivity contribution in [1.29, 1.82) is 0 Å². The van der Waals surface area contributed by atoms with Crippen molar-refractivity contribution in [2.45, 2.75) is 0 Å². The maximum absolute atomic E-state index is 12.3. The van der Waals surface area contributed by atoms with E-state index < -0.39 is 10.9 Å². The van der Waals surface area contributed by atoms with Gasteiger partial charge in [-0.2, -0.15) is 0 Å². The van der Waals surface area contributed by atoms with E-state index in [0.717, 1.165) is 0 Å². The van der Waals surface area contributed by atoms with E-state index in [1.807, 2.05) is 0 Å². The molecule has 0 aliphatic carbocycles. The number of hydrogen-bond acceptors (Lipinski definition) is 7. The fourth-order valence-corrected chi connectivity index (χ4v) is 3.22. The number of benzene rings is 3. The van der Waals surface area contributed by atoms with Gasteiger partial charge in [0.05, 0.1) is 30.1 Å². The molecule has 0 saturated heterocycles. The quantitative estimate of drug-likeness (QED) is 0.307. The molecule has 1 heterocycles. The normalized spacial score (nSPS) is 12.4. The fourth-order valence-electron chi connectivity index (χ4n) is 3.22. The van der Waals surface area contributed by atoms with Crippen molar-refractivity contribution in [1.82, 2.24) is 0 Å². The summed E-state index contributed by atoms with van der Waals surface area (Å²) in [6.45, 7) is 0.0683. The minimum absolute atomic E-state index is 0.0683. The molecule has 0 aromatic heterocycles. The Morgan fingerprint density at radius 3 is 2.50 bits per heavy atom. The summed E-state index contributed by atoms with van der Waals surface area (Å²) in [7, 11) is 2.62. The van der Waals surface area contributed by atoms with Gasteiger partial charge in [0.2, 0.25) is 6.79 Å². The number of methoxy groups -OCH3 is 2. The van der Waals surface area contributed by atoms with Gasteiger partial charge in [-0.05, 0) is 35.7 Å². The van der Waals surface area contributed by atoms with Crippen LogP contribution in [0.3, 0.4) is 0 Å². The molecule has 26 heavy (non-hydrogen) atoms. The molecule has 3 aromatic rings. The van der Waals surface area contributed by atoms with E-state index >= 15 is 0 Å². The zero-order chi connectivity index (χ0) is 18.4. The Kier molecular flexibility index (Phi) is 3.54. The van der Waals surface area contributed by atoms with Gasteiger partial charge in [0, 0.05) is 10.8 Å². The Labute approximate surface area is 147 Å². The van der Waals surface area contributed by atoms with Crippen molar-refractivity contribution in [2.75, 3.05) is 21.0 Å². The number of nitro benzene ring substituents is 1. The Morgan fingerprint density at radius 2 is 1.85 bits per heavy atom. The van der Waals surface area contributed by atoms with Gasteiger partial charge in [0.25, 0.3) is 0 Å². The van der Waals surface area contributed by atoms with E-state index in [1.54, 1.807) is 24.3 Å². The van der Waals surface area contributed by atoms with Gasteiger partial charge in [-0.3, -0.25) is 10.1 Å². The molecule has 0 amide bonds. The van der Waals surface area contributed by atoms with E-state index in [0.29, 0.717) is 27.7 Å². The van der Waals surface area contributed by atoms with E-state index in [-0.39, 0.29) is 29.2 Å². The molecule has 8 heteroatoms. The smallest absolute Gasteiger partial charge is 0.338 e. The topological polar surface area (TPSA) is 97.1 Å². The molecule has 0 atom stereocenters. The van der Waals surface area contributed by atoms with Crippen molar-refractivity contribution in [3.05, 3.63) is 46.0 Å². The number of ether oxygens (including phenoxy) is 4. The van der Waals surface area contributed by atoms with Crippen LogP contribution < -0.4 is 14.2 Å². The van der Waals surface area contributed by atoms with Crippen LogP contribution in [0.2, 0.25) is 0 Å². The second kappa shape index (κ2) is 5.76. The minimum Gasteiger partial charge on any atom is -0.490 e. The van der Waals surface area contributed by atoms with E-state index in [1.165, 1.54) is 20.3 Å². The van der Waals surface area contributed by atoms with Crippen molar-refractivity contribution < 1.29 is 28.7 Å². The fraction of sp³-hybridized carbons (Fsp3) is 0.167. The molecule has 0 saturated carbocycles. The predicted octanol–water partition coefficient (Wildman–Crippen LogP) is 3.43. The van der Waals surface area contributed by atoms with Gasteiger partial charge in [-0.1, -0.05) is 0 Å². The number of carbonyl (C=O) groups excluding carboxylic acids is 1. The highest BCUT2D eigenvalue weighted by atomic mass is 16.7. The Balaban J connectivity index is 2.24. The van der Waals surface area contributed by atoms with E-state index in [4.69, 9.17) is 18.9 Å². The lowest BCUT2D eigenvalue weighted by Crippen LogP contribution is -2.04. The molecule has 0 radical (unpaired) electrons. The summed E-state index contributed by atoms with van der Waals surface area (Å²) < 4.78 is 20.8. The van der Waals surface area contributed by atoms with Crippen molar-refractivity contribution >= 4 is 33.2 Å². The highest BCUT2D eigenvalue weighted by Crippen LogP contribution is 2.45. The maximum Gasteiger partial charge on any atom is 0.338 e. The number of nitro groups is 1. The van der Waals surface area contributed by atoms with Crippen LogP contribution in [0.4, 0.5) is 5.69 Å². The summed E-state index contributed by atoms with van der Waals surface area (Å²) >= 11 is 0. The van der Waals surface area contributed by atoms with Gasteiger partial charge in [-0.15, -0.1) is 0 Å². The second-order valence-electron chi connectivity index (χ2n) is 5.64. The summed E-state index contributed by atoms with van der Waals surface area (Å²) in [4.78, 5) is 23.5. The molecule has 0 fully saturated rings. The first-order valence-electron chi connectivity index (χ1n) is 7.65. The third-order valence-electron chi connectivity index (χ3n) is 4.35. The standard InChI is InChI=1S/C18H13NO7/c1-23-13-4-3-10-12(18(20)24-2)5-9-6-14-15(26-8-25-14)7-11(9)16(10)17(13)19(21)22/h3-7H,8H2,1-2H3. The van der Waals surface area contributed by atoms with E-state index in [2.05, 4.69) is 0 Å². The molecular formula is C18H13NO7. The Morgan fingerprint density at radius 1 is 1.12 bits per heavy atom. The number of rotatable bonds is 3. The van der Waals surface area contributed by atoms with Gasteiger partial charge in [0.15, 0.2) is 17.2 Å². The lowest BCUT2D eigenvalue weighted by Gasteiger charge is -2.12. The summed E-state index contributed by atoms with van der Waals surface area (Å²) in [6, 6.07) is 8.06. The third-order valence-corrected chi connectivity index (χ3v) is 4.35. The van der Waals surface area contributed by atoms with Crippen LogP contribution in [0.1, 0.15) is 10.4 Å². The molecule has 4 rings (SSSR count). The molecule has 132 valence electrons. The average molecular weight is 355 g/mol. The van der Waals surface area contributed by atoms with Crippen LogP contribution in [0.25, 0.3) is 21.5 Å². The predicted molar refractivity (Wildman–Crippen MR) is 92.1 cm³/mol. The van der Waals surface area contributed by atoms with E-state index in [9.17, 15) is 14.9 Å². The van der Waals surface area contributed by atoms with Crippen molar-refractivity contribution in [3.63, 3.8) is 0 Å². The average Bonchev–Trinajstić information content (AvgIpc) is 3.11. The first-order valence-corrected chi connectivity index (χ1v) is 7.65. The molecule has 1 aliphatic heterocycles. The first kappa shape index (κ1) is 15.9. The second-order valence-corrected chi connectivity index (χ2v) is 5.64. The van der Waals surface area contributed by atoms with Crippen molar-refractivity contribution in [2.24, 2.45) is 0 Å². The van der Waals surface area contributed by atoms with Crippen LogP contribution in [-0.4, -0.2) is 31.9 Å². The number of esters is 1. The number of fused-ring (bicyclic) bond motifs is 4. The van der Waals surface area contributed by atoms with Gasteiger partial charge < -0.3 is 18.9 Å². The van der Waals surface area contributed by atoms with Gasteiger partial charge in [0.1, 0.15) is 0 Å². The minimum atomic E-state index is -0.589. The highest BCUT2D eigenvalue weighted by molar-refractivity contribution is 6.20. The zero-order valence-corrected chi connectivity index (χ0v) is 13.9. The summed E-state index contributed by atoms with van der Waals surface area (Å²) in [5.41, 5.74) is -0.000707. The van der Waals surface area contributed by atoms with Crippen LogP contribution in [0.5, 0.6) is 17.2 Å². The van der Waals surface area contributed by atoms with Gasteiger partial charge in [-0.25, -0.2) is 4.79 Å². The summed E-state index contributed by atoms with van der Waals surface area (Å²) in [5, 5.41) is 13.6. The molecule has 1 aliphatic rings. The SMILES string of the molecule is COC(=O)c1cc2cc3c(cc2c2c([N+](=O)[O-])c(OC)ccc12)OCO3. The third kappa shape index (κ3) is 2.19. The molecule has 0 spiro atoms. The van der Waals surface area contributed by atoms with Crippen LogP contribution in [-0.2, 0) is 4.74 Å². The van der Waals surface area contributed by atoms with Crippen LogP contribution in [0.15, 0.2) is 30.3 Å². The number of hydrogen-bond donors (Lipinski definition) is 0. The lowest BCUT2D eigenvalue weighted by molar-refractivity contribution is -0.383. The molecule has 3 aromatic carbocycles. The highest BCUT2D eigenvalue weighted by Gasteiger charge is 2.27. The van der Waals surface area contributed by atoms with Crippen molar-refractivity contribution in [3.8, 4) is 17.2 Å². The molecule has 0 unspecified atom stereocenters. The summed E-state index contributed by atoms with van der Waals surface area (Å²) in [5.74, 6) is 0.512. The van der Waals surface area contributed by atoms with Crippen LogP contribution >= 0.6 is 0 Å². The first-order chi connectivity index (χ1) is 12.5. The van der Waals surface area contributed by atoms with Gasteiger partial charge >= 0.3 is 11.7 Å². The van der Waals surface area contributed by atoms with Crippen LogP contribution in [0, 0.1) is 10.1 Å². The molecular weight excluding hydrogens is 342 g/mol. The molecule has 0 N–H and O–H groups in total. The number of carbonyl (C=O) groups is 1. The zero-order valence-electron chi connectivity index (χ0n) is 13.9. The largest absolute Gasteiger partial charge is 0.490 e. The number of nitrogens with zero attached hydrogens (tertiary/aromatic N) is 1. The molecule has 0 bridgehead atoms. The Hall–Kier alpha value is -3.55. The summed E-state index contributed by atoms with van der Waals surface area (Å²) in [6.07, 6.45) is 0. The maximum atomic E-state index is 12.3. The molecule has 8 nitrogen and oxygen atoms in total. The monoisotopic (exact) mass is 355 g/mol.